The van der Waals surface area contributed by atoms with Crippen molar-refractivity contribution in [1.82, 2.24) is 30.8 Å². The largest absolute Gasteiger partial charge is 0.361 e. The van der Waals surface area contributed by atoms with Gasteiger partial charge in [0.15, 0.2) is 0 Å². The molecule has 4 N–H and O–H groups in total. The third kappa shape index (κ3) is 5.36. The van der Waals surface area contributed by atoms with Crippen LogP contribution in [0.1, 0.15) is 31.8 Å². The number of H-pyrrole nitrogens is 2. The second-order valence-corrected chi connectivity index (χ2v) is 8.91. The van der Waals surface area contributed by atoms with Crippen LogP contribution in [0.25, 0.3) is 33.2 Å². The summed E-state index contributed by atoms with van der Waals surface area (Å²) in [5.74, 6) is -0.766. The number of rotatable bonds is 7. The van der Waals surface area contributed by atoms with Crippen LogP contribution in [-0.2, 0) is 0 Å². The number of hydrazone groups is 2. The highest BCUT2D eigenvalue weighted by Gasteiger charge is 2.09. The number of carbonyl (C=O) groups is 2. The zero-order valence-corrected chi connectivity index (χ0v) is 21.0. The smallest absolute Gasteiger partial charge is 0.272 e. The molecular formula is C30H22N8O2. The molecule has 6 rings (SSSR count). The quantitative estimate of drug-likeness (QED) is 0.178. The highest BCUT2D eigenvalue weighted by Crippen LogP contribution is 2.16. The van der Waals surface area contributed by atoms with E-state index in [4.69, 9.17) is 0 Å². The lowest BCUT2D eigenvalue weighted by atomic mass is 10.2. The maximum atomic E-state index is 12.5. The van der Waals surface area contributed by atoms with Crippen LogP contribution in [0.5, 0.6) is 0 Å². The van der Waals surface area contributed by atoms with Gasteiger partial charge in [-0.1, -0.05) is 12.1 Å². The number of benzene rings is 2. The molecule has 0 fully saturated rings. The Kier molecular flexibility index (Phi) is 6.62. The molecule has 6 aromatic rings. The maximum Gasteiger partial charge on any atom is 0.272 e. The molecule has 0 aliphatic carbocycles. The van der Waals surface area contributed by atoms with E-state index < -0.39 is 0 Å². The Hall–Kier alpha value is -5.90. The van der Waals surface area contributed by atoms with Crippen LogP contribution in [0.4, 0.5) is 0 Å². The number of hydrogen-bond donors (Lipinski definition) is 4. The van der Waals surface area contributed by atoms with Crippen LogP contribution in [0.15, 0.2) is 108 Å². The number of pyridine rings is 2. The second-order valence-electron chi connectivity index (χ2n) is 8.91. The fourth-order valence-corrected chi connectivity index (χ4v) is 4.12. The Balaban J connectivity index is 1.04. The van der Waals surface area contributed by atoms with E-state index >= 15 is 0 Å². The fourth-order valence-electron chi connectivity index (χ4n) is 4.12. The first-order valence-electron chi connectivity index (χ1n) is 12.4. The van der Waals surface area contributed by atoms with Crippen molar-refractivity contribution in [2.75, 3.05) is 0 Å². The zero-order valence-electron chi connectivity index (χ0n) is 21.0. The van der Waals surface area contributed by atoms with Crippen molar-refractivity contribution in [3.05, 3.63) is 120 Å². The standard InChI is InChI=1S/C30H22N8O2/c39-29(37-35-15-19-1-5-25-21(13-19)9-11-31-25)23-3-7-27(33-17-23)28-8-4-24(18-34-28)30(40)38-36-16-20-2-6-26-22(14-20)10-12-32-26/h1-18,31-32H,(H,37,39)(H,38,40)/b35-15+,36-16+. The summed E-state index contributed by atoms with van der Waals surface area (Å²) in [6.45, 7) is 0. The van der Waals surface area contributed by atoms with Gasteiger partial charge in [-0.2, -0.15) is 10.2 Å². The van der Waals surface area contributed by atoms with E-state index in [1.807, 2.05) is 60.9 Å². The molecule has 40 heavy (non-hydrogen) atoms. The minimum Gasteiger partial charge on any atom is -0.361 e. The average molecular weight is 527 g/mol. The van der Waals surface area contributed by atoms with Gasteiger partial charge in [-0.3, -0.25) is 19.6 Å². The molecule has 10 heteroatoms. The first kappa shape index (κ1) is 24.4. The Morgan fingerprint density at radius 1 is 0.625 bits per heavy atom. The first-order chi connectivity index (χ1) is 19.6. The van der Waals surface area contributed by atoms with Crippen molar-refractivity contribution in [2.45, 2.75) is 0 Å². The molecule has 2 aromatic carbocycles. The lowest BCUT2D eigenvalue weighted by Crippen LogP contribution is -2.18. The molecule has 0 aliphatic rings. The molecule has 0 unspecified atom stereocenters. The normalized spacial score (nSPS) is 11.5. The Bertz CT molecular complexity index is 1740. The molecule has 0 aliphatic heterocycles. The summed E-state index contributed by atoms with van der Waals surface area (Å²) in [5.41, 5.74) is 10.7. The average Bonchev–Trinajstić information content (AvgIpc) is 3.66. The molecule has 0 bridgehead atoms. The van der Waals surface area contributed by atoms with E-state index in [2.05, 4.69) is 41.0 Å². The summed E-state index contributed by atoms with van der Waals surface area (Å²) in [7, 11) is 0. The Morgan fingerprint density at radius 3 is 1.52 bits per heavy atom. The molecule has 4 heterocycles. The van der Waals surface area contributed by atoms with Gasteiger partial charge in [0.2, 0.25) is 0 Å². The molecule has 0 saturated carbocycles. The van der Waals surface area contributed by atoms with Crippen LogP contribution in [0.3, 0.4) is 0 Å². The van der Waals surface area contributed by atoms with Crippen LogP contribution in [-0.4, -0.2) is 44.2 Å². The van der Waals surface area contributed by atoms with E-state index in [-0.39, 0.29) is 11.8 Å². The number of hydrogen-bond acceptors (Lipinski definition) is 6. The van der Waals surface area contributed by atoms with Gasteiger partial charge in [0.05, 0.1) is 34.9 Å². The van der Waals surface area contributed by atoms with Crippen molar-refractivity contribution in [3.63, 3.8) is 0 Å². The van der Waals surface area contributed by atoms with Gasteiger partial charge in [0.25, 0.3) is 11.8 Å². The van der Waals surface area contributed by atoms with E-state index in [0.29, 0.717) is 22.5 Å². The highest BCUT2D eigenvalue weighted by atomic mass is 16.2. The summed E-state index contributed by atoms with van der Waals surface area (Å²) in [5, 5.41) is 10.2. The summed E-state index contributed by atoms with van der Waals surface area (Å²) in [6, 6.07) is 22.3. The highest BCUT2D eigenvalue weighted by molar-refractivity contribution is 5.96. The molecule has 0 atom stereocenters. The van der Waals surface area contributed by atoms with E-state index in [1.54, 1.807) is 36.7 Å². The molecule has 4 aromatic heterocycles. The van der Waals surface area contributed by atoms with Crippen LogP contribution in [0.2, 0.25) is 0 Å². The number of nitrogens with zero attached hydrogens (tertiary/aromatic N) is 4. The SMILES string of the molecule is O=C(N/N=C/c1ccc2[nH]ccc2c1)c1ccc(-c2ccc(C(=O)N/N=C/c3ccc4[nH]ccc4c3)cn2)nc1. The van der Waals surface area contributed by atoms with Crippen LogP contribution < -0.4 is 10.9 Å². The van der Waals surface area contributed by atoms with E-state index in [0.717, 1.165) is 32.9 Å². The maximum absolute atomic E-state index is 12.5. The van der Waals surface area contributed by atoms with Gasteiger partial charge in [-0.25, -0.2) is 10.9 Å². The fraction of sp³-hybridized carbons (Fsp3) is 0. The monoisotopic (exact) mass is 526 g/mol. The minimum absolute atomic E-state index is 0.353. The predicted molar refractivity (Wildman–Crippen MR) is 154 cm³/mol. The summed E-state index contributed by atoms with van der Waals surface area (Å²) in [4.78, 5) is 39.8. The van der Waals surface area contributed by atoms with Crippen molar-refractivity contribution < 1.29 is 9.59 Å². The molecule has 0 saturated heterocycles. The van der Waals surface area contributed by atoms with Gasteiger partial charge < -0.3 is 9.97 Å². The van der Waals surface area contributed by atoms with Gasteiger partial charge in [-0.05, 0) is 82.6 Å². The Morgan fingerprint density at radius 2 is 1.10 bits per heavy atom. The Labute approximate surface area is 227 Å². The molecular weight excluding hydrogens is 504 g/mol. The van der Waals surface area contributed by atoms with Crippen LogP contribution in [0, 0.1) is 0 Å². The minimum atomic E-state index is -0.383. The van der Waals surface area contributed by atoms with Crippen molar-refractivity contribution in [3.8, 4) is 11.4 Å². The third-order valence-corrected chi connectivity index (χ3v) is 6.23. The van der Waals surface area contributed by atoms with Gasteiger partial charge in [-0.15, -0.1) is 0 Å². The number of amides is 2. The van der Waals surface area contributed by atoms with Crippen molar-refractivity contribution in [2.24, 2.45) is 10.2 Å². The van der Waals surface area contributed by atoms with E-state index in [1.165, 1.54) is 12.4 Å². The number of fused-ring (bicyclic) bond motifs is 2. The predicted octanol–water partition coefficient (Wildman–Crippen LogP) is 4.63. The molecule has 194 valence electrons. The molecule has 10 nitrogen and oxygen atoms in total. The van der Waals surface area contributed by atoms with Crippen molar-refractivity contribution in [1.29, 1.82) is 0 Å². The van der Waals surface area contributed by atoms with Gasteiger partial charge in [0.1, 0.15) is 0 Å². The summed E-state index contributed by atoms with van der Waals surface area (Å²) in [6.07, 6.45) is 9.81. The van der Waals surface area contributed by atoms with Gasteiger partial charge in [0, 0.05) is 35.8 Å². The second kappa shape index (κ2) is 10.8. The summed E-state index contributed by atoms with van der Waals surface area (Å²) >= 11 is 0. The first-order valence-corrected chi connectivity index (χ1v) is 12.4. The summed E-state index contributed by atoms with van der Waals surface area (Å²) < 4.78 is 0. The molecule has 2 amide bonds. The number of aromatic nitrogens is 4. The number of nitrogens with one attached hydrogen (secondary N) is 4. The lowest BCUT2D eigenvalue weighted by molar-refractivity contribution is 0.0946. The lowest BCUT2D eigenvalue weighted by Gasteiger charge is -2.04. The molecule has 0 radical (unpaired) electrons. The van der Waals surface area contributed by atoms with Crippen molar-refractivity contribution >= 4 is 46.0 Å². The van der Waals surface area contributed by atoms with E-state index in [9.17, 15) is 9.59 Å². The topological polar surface area (TPSA) is 140 Å². The molecule has 0 spiro atoms. The third-order valence-electron chi connectivity index (χ3n) is 6.23. The number of aromatic amines is 2. The van der Waals surface area contributed by atoms with Crippen LogP contribution >= 0.6 is 0 Å². The van der Waals surface area contributed by atoms with Gasteiger partial charge >= 0.3 is 0 Å². The zero-order chi connectivity index (χ0) is 27.3. The number of carbonyl (C=O) groups excluding carboxylic acids is 2.